The molecule has 0 radical (unpaired) electrons. The second-order valence-corrected chi connectivity index (χ2v) is 8.46. The Kier molecular flexibility index (Phi) is 6.23. The maximum Gasteiger partial charge on any atom is 0.254 e. The maximum absolute atomic E-state index is 14.1. The first-order valence-electron chi connectivity index (χ1n) is 10.4. The molecule has 0 unspecified atom stereocenters. The summed E-state index contributed by atoms with van der Waals surface area (Å²) >= 11 is 5.79. The van der Waals surface area contributed by atoms with Gasteiger partial charge in [0.2, 0.25) is 5.95 Å². The van der Waals surface area contributed by atoms with Crippen molar-refractivity contribution in [2.45, 2.75) is 37.8 Å². The van der Waals surface area contributed by atoms with Gasteiger partial charge in [-0.2, -0.15) is 4.98 Å². The molecule has 1 saturated carbocycles. The van der Waals surface area contributed by atoms with Gasteiger partial charge in [0, 0.05) is 31.6 Å². The van der Waals surface area contributed by atoms with Crippen molar-refractivity contribution in [3.63, 3.8) is 0 Å². The number of fused-ring (bicyclic) bond motifs is 1. The van der Waals surface area contributed by atoms with Gasteiger partial charge in [-0.05, 0) is 49.9 Å². The topological polar surface area (TPSA) is 70.2 Å². The van der Waals surface area contributed by atoms with Crippen molar-refractivity contribution < 1.29 is 9.18 Å². The van der Waals surface area contributed by atoms with E-state index in [9.17, 15) is 9.18 Å². The minimum atomic E-state index is -0.679. The van der Waals surface area contributed by atoms with E-state index >= 15 is 0 Å². The van der Waals surface area contributed by atoms with E-state index in [2.05, 4.69) is 15.6 Å². The standard InChI is InChI=1S/C23H25ClFN5O/c1-30(2)21-16-6-3-4-9-19(16)28-23(29-21)27-15-12-10-14(11-13-15)26-22(31)17-7-5-8-18(24)20(17)25/h3-9,14-15H,10-13H2,1-2H3,(H,26,31)(H,27,28,29)/t14-,15+. The number of halogens is 2. The largest absolute Gasteiger partial charge is 0.362 e. The molecular formula is C23H25ClFN5O. The van der Waals surface area contributed by atoms with Crippen LogP contribution in [0.3, 0.4) is 0 Å². The van der Waals surface area contributed by atoms with Crippen molar-refractivity contribution in [1.82, 2.24) is 15.3 Å². The lowest BCUT2D eigenvalue weighted by Gasteiger charge is -2.30. The Bertz CT molecular complexity index is 1100. The van der Waals surface area contributed by atoms with Crippen LogP contribution in [0.15, 0.2) is 42.5 Å². The summed E-state index contributed by atoms with van der Waals surface area (Å²) in [6.07, 6.45) is 3.30. The van der Waals surface area contributed by atoms with Crippen molar-refractivity contribution in [1.29, 1.82) is 0 Å². The minimum absolute atomic E-state index is 0.00112. The normalized spacial score (nSPS) is 18.6. The second-order valence-electron chi connectivity index (χ2n) is 8.05. The summed E-state index contributed by atoms with van der Waals surface area (Å²) in [5.74, 6) is 0.376. The Labute approximate surface area is 185 Å². The van der Waals surface area contributed by atoms with Gasteiger partial charge in [-0.15, -0.1) is 0 Å². The van der Waals surface area contributed by atoms with Crippen LogP contribution in [-0.4, -0.2) is 42.1 Å². The molecule has 3 aromatic rings. The number of amides is 1. The molecule has 4 rings (SSSR count). The van der Waals surface area contributed by atoms with Crippen molar-refractivity contribution >= 4 is 40.2 Å². The van der Waals surface area contributed by atoms with E-state index < -0.39 is 11.7 Å². The van der Waals surface area contributed by atoms with Crippen LogP contribution in [0.25, 0.3) is 10.9 Å². The highest BCUT2D eigenvalue weighted by Crippen LogP contribution is 2.26. The zero-order valence-electron chi connectivity index (χ0n) is 17.5. The number of hydrogen-bond donors (Lipinski definition) is 2. The number of hydrogen-bond acceptors (Lipinski definition) is 5. The van der Waals surface area contributed by atoms with Crippen molar-refractivity contribution in [3.8, 4) is 0 Å². The van der Waals surface area contributed by atoms with Crippen LogP contribution >= 0.6 is 11.6 Å². The molecule has 1 aliphatic rings. The molecule has 31 heavy (non-hydrogen) atoms. The van der Waals surface area contributed by atoms with E-state index in [4.69, 9.17) is 16.6 Å². The summed E-state index contributed by atoms with van der Waals surface area (Å²) in [6, 6.07) is 12.6. The monoisotopic (exact) mass is 441 g/mol. The molecule has 6 nitrogen and oxygen atoms in total. The molecule has 0 spiro atoms. The Morgan fingerprint density at radius 1 is 1.03 bits per heavy atom. The molecule has 0 saturated heterocycles. The number of para-hydroxylation sites is 1. The fourth-order valence-electron chi connectivity index (χ4n) is 3.97. The highest BCUT2D eigenvalue weighted by Gasteiger charge is 2.25. The van der Waals surface area contributed by atoms with Gasteiger partial charge in [-0.25, -0.2) is 9.37 Å². The zero-order valence-corrected chi connectivity index (χ0v) is 18.3. The third kappa shape index (κ3) is 4.71. The first-order valence-corrected chi connectivity index (χ1v) is 10.8. The fraction of sp³-hybridized carbons (Fsp3) is 0.348. The van der Waals surface area contributed by atoms with E-state index in [0.717, 1.165) is 42.4 Å². The first kappa shape index (κ1) is 21.3. The molecule has 0 atom stereocenters. The molecule has 1 aromatic heterocycles. The molecule has 1 aliphatic carbocycles. The molecule has 1 fully saturated rings. The Morgan fingerprint density at radius 2 is 1.74 bits per heavy atom. The van der Waals surface area contributed by atoms with E-state index in [1.54, 1.807) is 6.07 Å². The summed E-state index contributed by atoms with van der Waals surface area (Å²) in [6.45, 7) is 0. The Hall–Kier alpha value is -2.93. The van der Waals surface area contributed by atoms with Crippen LogP contribution in [0.2, 0.25) is 5.02 Å². The summed E-state index contributed by atoms with van der Waals surface area (Å²) in [7, 11) is 3.93. The van der Waals surface area contributed by atoms with Crippen LogP contribution < -0.4 is 15.5 Å². The van der Waals surface area contributed by atoms with E-state index in [1.807, 2.05) is 43.3 Å². The van der Waals surface area contributed by atoms with Crippen LogP contribution in [0.5, 0.6) is 0 Å². The van der Waals surface area contributed by atoms with Crippen molar-refractivity contribution in [2.24, 2.45) is 0 Å². The second kappa shape index (κ2) is 9.06. The third-order valence-electron chi connectivity index (χ3n) is 5.60. The van der Waals surface area contributed by atoms with Gasteiger partial charge in [0.25, 0.3) is 5.91 Å². The van der Waals surface area contributed by atoms with Crippen LogP contribution in [-0.2, 0) is 0 Å². The first-order chi connectivity index (χ1) is 14.9. The predicted molar refractivity (Wildman–Crippen MR) is 122 cm³/mol. The van der Waals surface area contributed by atoms with Crippen LogP contribution in [0.4, 0.5) is 16.2 Å². The molecule has 0 aliphatic heterocycles. The molecule has 1 amide bonds. The average molecular weight is 442 g/mol. The Balaban J connectivity index is 1.38. The number of aromatic nitrogens is 2. The summed E-state index contributed by atoms with van der Waals surface area (Å²) in [5, 5.41) is 7.35. The summed E-state index contributed by atoms with van der Waals surface area (Å²) in [4.78, 5) is 23.8. The van der Waals surface area contributed by atoms with Crippen molar-refractivity contribution in [3.05, 3.63) is 58.9 Å². The smallest absolute Gasteiger partial charge is 0.254 e. The van der Waals surface area contributed by atoms with Crippen LogP contribution in [0, 0.1) is 5.82 Å². The zero-order chi connectivity index (χ0) is 22.0. The predicted octanol–water partition coefficient (Wildman–Crippen LogP) is 4.64. The lowest BCUT2D eigenvalue weighted by molar-refractivity contribution is 0.0922. The molecule has 2 N–H and O–H groups in total. The number of carbonyl (C=O) groups excluding carboxylic acids is 1. The molecule has 8 heteroatoms. The summed E-state index contributed by atoms with van der Waals surface area (Å²) in [5.41, 5.74) is 0.877. The van der Waals surface area contributed by atoms with Gasteiger partial charge in [0.1, 0.15) is 5.82 Å². The van der Waals surface area contributed by atoms with Gasteiger partial charge in [0.05, 0.1) is 16.1 Å². The quantitative estimate of drug-likeness (QED) is 0.603. The van der Waals surface area contributed by atoms with E-state index in [1.165, 1.54) is 12.1 Å². The molecule has 2 aromatic carbocycles. The van der Waals surface area contributed by atoms with E-state index in [-0.39, 0.29) is 22.7 Å². The number of benzene rings is 2. The van der Waals surface area contributed by atoms with Gasteiger partial charge < -0.3 is 15.5 Å². The lowest BCUT2D eigenvalue weighted by Crippen LogP contribution is -2.40. The van der Waals surface area contributed by atoms with Gasteiger partial charge in [-0.3, -0.25) is 4.79 Å². The van der Waals surface area contributed by atoms with Gasteiger partial charge in [0.15, 0.2) is 5.82 Å². The van der Waals surface area contributed by atoms with E-state index in [0.29, 0.717) is 5.95 Å². The fourth-order valence-corrected chi connectivity index (χ4v) is 4.15. The highest BCUT2D eigenvalue weighted by atomic mass is 35.5. The van der Waals surface area contributed by atoms with Crippen molar-refractivity contribution in [2.75, 3.05) is 24.3 Å². The molecule has 1 heterocycles. The number of anilines is 2. The molecule has 162 valence electrons. The SMILES string of the molecule is CN(C)c1nc(N[C@H]2CC[C@@H](NC(=O)c3cccc(Cl)c3F)CC2)nc2ccccc12. The average Bonchev–Trinajstić information content (AvgIpc) is 2.76. The lowest BCUT2D eigenvalue weighted by atomic mass is 9.91. The van der Waals surface area contributed by atoms with Gasteiger partial charge >= 0.3 is 0 Å². The summed E-state index contributed by atoms with van der Waals surface area (Å²) < 4.78 is 14.1. The number of rotatable bonds is 5. The highest BCUT2D eigenvalue weighted by molar-refractivity contribution is 6.31. The minimum Gasteiger partial charge on any atom is -0.362 e. The molecule has 0 bridgehead atoms. The Morgan fingerprint density at radius 3 is 2.48 bits per heavy atom. The van der Waals surface area contributed by atoms with Gasteiger partial charge in [-0.1, -0.05) is 29.8 Å². The van der Waals surface area contributed by atoms with Crippen LogP contribution in [0.1, 0.15) is 36.0 Å². The third-order valence-corrected chi connectivity index (χ3v) is 5.89. The molecular weight excluding hydrogens is 417 g/mol. The number of nitrogens with one attached hydrogen (secondary N) is 2. The maximum atomic E-state index is 14.1. The number of carbonyl (C=O) groups is 1. The number of nitrogens with zero attached hydrogens (tertiary/aromatic N) is 3.